The van der Waals surface area contributed by atoms with Crippen molar-refractivity contribution in [2.24, 2.45) is 29.1 Å². The maximum atomic E-state index is 13.4. The molecule has 0 unspecified atom stereocenters. The highest BCUT2D eigenvalue weighted by molar-refractivity contribution is 8.00. The fraction of sp³-hybridized carbons (Fsp3) is 0.800. The quantitative estimate of drug-likeness (QED) is 0.553. The summed E-state index contributed by atoms with van der Waals surface area (Å²) in [5.74, 6) is 2.40. The smallest absolute Gasteiger partial charge is 0.313 e. The number of hydrogen-bond acceptors (Lipinski definition) is 6. The number of carbonyl (C=O) groups is 2. The highest BCUT2D eigenvalue weighted by Gasteiger charge is 2.52. The van der Waals surface area contributed by atoms with Crippen LogP contribution in [0, 0.1) is 29.1 Å². The fourth-order valence-corrected chi connectivity index (χ4v) is 8.45. The molecule has 1 amide bonds. The molecule has 6 aliphatic carbocycles. The van der Waals surface area contributed by atoms with E-state index in [4.69, 9.17) is 9.26 Å². The molecule has 0 aliphatic heterocycles. The molecule has 8 heteroatoms. The van der Waals surface area contributed by atoms with E-state index >= 15 is 0 Å². The number of nitrogens with zero attached hydrogens (tertiary/aromatic N) is 1. The van der Waals surface area contributed by atoms with E-state index in [2.05, 4.69) is 10.5 Å². The van der Waals surface area contributed by atoms with Gasteiger partial charge in [0.15, 0.2) is 0 Å². The van der Waals surface area contributed by atoms with Gasteiger partial charge >= 0.3 is 5.97 Å². The molecule has 4 bridgehead atoms. The molecule has 6 fully saturated rings. The molecule has 33 heavy (non-hydrogen) atoms. The number of amides is 1. The third-order valence-electron chi connectivity index (χ3n) is 8.98. The third kappa shape index (κ3) is 4.17. The molecular formula is C25H34N2O5S. The first-order valence-electron chi connectivity index (χ1n) is 12.8. The minimum absolute atomic E-state index is 0.0731. The van der Waals surface area contributed by atoms with E-state index in [-0.39, 0.29) is 30.2 Å². The summed E-state index contributed by atoms with van der Waals surface area (Å²) in [6.45, 7) is 0.0731. The summed E-state index contributed by atoms with van der Waals surface area (Å²) in [5.41, 5.74) is -0.811. The van der Waals surface area contributed by atoms with Gasteiger partial charge in [0.1, 0.15) is 16.9 Å². The van der Waals surface area contributed by atoms with Gasteiger partial charge in [0.2, 0.25) is 5.76 Å². The summed E-state index contributed by atoms with van der Waals surface area (Å²) in [6.07, 6.45) is 13.4. The first kappa shape index (κ1) is 21.8. The van der Waals surface area contributed by atoms with E-state index in [9.17, 15) is 14.7 Å². The second-order valence-corrected chi connectivity index (χ2v) is 12.6. The normalized spacial score (nSPS) is 34.2. The lowest BCUT2D eigenvalue weighted by atomic mass is 9.54. The number of carbonyl (C=O) groups excluding carboxylic acids is 1. The van der Waals surface area contributed by atoms with Crippen LogP contribution < -0.4 is 10.1 Å². The number of carboxylic acids is 1. The lowest BCUT2D eigenvalue weighted by Crippen LogP contribution is -2.55. The van der Waals surface area contributed by atoms with Gasteiger partial charge in [0.25, 0.3) is 11.8 Å². The molecule has 7 nitrogen and oxygen atoms in total. The number of thioether (sulfide) groups is 1. The first-order valence-corrected chi connectivity index (χ1v) is 13.7. The molecule has 2 N–H and O–H groups in total. The van der Waals surface area contributed by atoms with E-state index in [1.165, 1.54) is 51.4 Å². The average Bonchev–Trinajstić information content (AvgIpc) is 3.50. The molecule has 6 aliphatic rings. The van der Waals surface area contributed by atoms with Gasteiger partial charge in [-0.15, -0.1) is 11.8 Å². The van der Waals surface area contributed by atoms with Gasteiger partial charge in [-0.3, -0.25) is 9.59 Å². The van der Waals surface area contributed by atoms with Crippen LogP contribution in [-0.2, 0) is 4.79 Å². The van der Waals surface area contributed by atoms with E-state index in [0.717, 1.165) is 24.7 Å². The van der Waals surface area contributed by atoms with Crippen molar-refractivity contribution in [3.05, 3.63) is 5.76 Å². The SMILES string of the molecule is O=C(NC1C2CC3CC(C2)CC1C3)c1onc(OCC2(C(=O)O)CC2)c1SC1CCCCC1. The molecule has 0 spiro atoms. The van der Waals surface area contributed by atoms with Gasteiger partial charge < -0.3 is 19.7 Å². The summed E-state index contributed by atoms with van der Waals surface area (Å²) in [5, 5.41) is 17.3. The molecule has 6 saturated carbocycles. The van der Waals surface area contributed by atoms with E-state index in [1.807, 2.05) is 0 Å². The summed E-state index contributed by atoms with van der Waals surface area (Å²) < 4.78 is 11.5. The summed E-state index contributed by atoms with van der Waals surface area (Å²) in [4.78, 5) is 25.7. The lowest BCUT2D eigenvalue weighted by Gasteiger charge is -2.54. The minimum Gasteiger partial charge on any atom is -0.481 e. The van der Waals surface area contributed by atoms with Crippen LogP contribution in [0.25, 0.3) is 0 Å². The number of ether oxygens (including phenoxy) is 1. The van der Waals surface area contributed by atoms with Crippen LogP contribution in [0.5, 0.6) is 5.88 Å². The van der Waals surface area contributed by atoms with Crippen molar-refractivity contribution in [3.8, 4) is 5.88 Å². The molecule has 7 rings (SSSR count). The highest BCUT2D eigenvalue weighted by atomic mass is 32.2. The Balaban J connectivity index is 1.20. The van der Waals surface area contributed by atoms with Crippen LogP contribution in [0.1, 0.15) is 87.6 Å². The number of carboxylic acid groups (broad SMARTS) is 1. The first-order chi connectivity index (χ1) is 16.0. The Morgan fingerprint density at radius 2 is 1.73 bits per heavy atom. The maximum Gasteiger partial charge on any atom is 0.313 e. The number of aromatic nitrogens is 1. The van der Waals surface area contributed by atoms with Gasteiger partial charge in [-0.05, 0) is 86.6 Å². The van der Waals surface area contributed by atoms with Crippen LogP contribution >= 0.6 is 11.8 Å². The Bertz CT molecular complexity index is 892. The molecule has 0 atom stereocenters. The van der Waals surface area contributed by atoms with Crippen molar-refractivity contribution in [2.75, 3.05) is 6.61 Å². The molecular weight excluding hydrogens is 440 g/mol. The van der Waals surface area contributed by atoms with Crippen LogP contribution in [-0.4, -0.2) is 40.0 Å². The van der Waals surface area contributed by atoms with Gasteiger partial charge in [0, 0.05) is 11.3 Å². The molecule has 1 aromatic rings. The Hall–Kier alpha value is -1.70. The molecule has 0 aromatic carbocycles. The zero-order chi connectivity index (χ0) is 22.6. The van der Waals surface area contributed by atoms with Crippen LogP contribution in [0.15, 0.2) is 9.42 Å². The molecule has 0 saturated heterocycles. The molecule has 1 heterocycles. The number of nitrogens with one attached hydrogen (secondary N) is 1. The Labute approximate surface area is 198 Å². The maximum absolute atomic E-state index is 13.4. The zero-order valence-corrected chi connectivity index (χ0v) is 19.9. The number of aliphatic carboxylic acids is 1. The van der Waals surface area contributed by atoms with Crippen LogP contribution in [0.2, 0.25) is 0 Å². The lowest BCUT2D eigenvalue weighted by molar-refractivity contribution is -0.144. The largest absolute Gasteiger partial charge is 0.481 e. The van der Waals surface area contributed by atoms with Crippen molar-refractivity contribution in [1.82, 2.24) is 10.5 Å². The number of rotatable bonds is 8. The third-order valence-corrected chi connectivity index (χ3v) is 10.4. The van der Waals surface area contributed by atoms with Crippen molar-refractivity contribution in [1.29, 1.82) is 0 Å². The molecule has 0 radical (unpaired) electrons. The van der Waals surface area contributed by atoms with Gasteiger partial charge in [-0.1, -0.05) is 19.3 Å². The Kier molecular flexibility index (Phi) is 5.62. The standard InChI is InChI=1S/C25H34N2O5S/c28-22(26-19-16-9-14-8-15(11-16)12-17(19)10-14)20-21(33-18-4-2-1-3-5-18)23(27-32-20)31-13-25(6-7-25)24(29)30/h14-19H,1-13H2,(H,26,28)(H,29,30). The van der Waals surface area contributed by atoms with E-state index in [1.54, 1.807) is 11.8 Å². The second kappa shape index (κ2) is 8.51. The Morgan fingerprint density at radius 3 is 2.33 bits per heavy atom. The van der Waals surface area contributed by atoms with Crippen molar-refractivity contribution < 1.29 is 24.0 Å². The summed E-state index contributed by atoms with van der Waals surface area (Å²) in [7, 11) is 0. The second-order valence-electron chi connectivity index (χ2n) is 11.3. The van der Waals surface area contributed by atoms with Gasteiger partial charge in [-0.2, -0.15) is 0 Å². The predicted octanol–water partition coefficient (Wildman–Crippen LogP) is 4.90. The van der Waals surface area contributed by atoms with Crippen molar-refractivity contribution in [2.45, 2.75) is 93.2 Å². The Morgan fingerprint density at radius 1 is 1.06 bits per heavy atom. The topological polar surface area (TPSA) is 102 Å². The van der Waals surface area contributed by atoms with Crippen molar-refractivity contribution >= 4 is 23.6 Å². The predicted molar refractivity (Wildman–Crippen MR) is 122 cm³/mol. The number of hydrogen-bond donors (Lipinski definition) is 2. The van der Waals surface area contributed by atoms with E-state index in [0.29, 0.717) is 34.8 Å². The zero-order valence-electron chi connectivity index (χ0n) is 19.1. The highest BCUT2D eigenvalue weighted by Crippen LogP contribution is 2.54. The van der Waals surface area contributed by atoms with Crippen molar-refractivity contribution in [3.63, 3.8) is 0 Å². The van der Waals surface area contributed by atoms with Crippen LogP contribution in [0.4, 0.5) is 0 Å². The minimum atomic E-state index is -0.827. The summed E-state index contributed by atoms with van der Waals surface area (Å²) >= 11 is 1.63. The molecule has 1 aromatic heterocycles. The van der Waals surface area contributed by atoms with Gasteiger partial charge in [-0.25, -0.2) is 0 Å². The van der Waals surface area contributed by atoms with Gasteiger partial charge in [0.05, 0.1) is 0 Å². The fourth-order valence-electron chi connectivity index (χ4n) is 7.11. The molecule has 180 valence electrons. The summed E-state index contributed by atoms with van der Waals surface area (Å²) in [6, 6.07) is 0.231. The van der Waals surface area contributed by atoms with Crippen LogP contribution in [0.3, 0.4) is 0 Å². The average molecular weight is 475 g/mol. The monoisotopic (exact) mass is 474 g/mol. The van der Waals surface area contributed by atoms with E-state index < -0.39 is 11.4 Å².